The number of hydrogen-bond acceptors (Lipinski definition) is 0. The van der Waals surface area contributed by atoms with E-state index in [9.17, 15) is 0 Å². The maximum atomic E-state index is 2.30. The van der Waals surface area contributed by atoms with Crippen LogP contribution in [-0.2, 0) is 0 Å². The van der Waals surface area contributed by atoms with Gasteiger partial charge in [-0.1, -0.05) is 0 Å². The van der Waals surface area contributed by atoms with Crippen molar-refractivity contribution in [3.8, 4) is 22.3 Å². The predicted octanol–water partition coefficient (Wildman–Crippen LogP) is 4.91. The van der Waals surface area contributed by atoms with Crippen LogP contribution in [0.2, 0.25) is 0 Å². The number of benzene rings is 4. The molecule has 0 aromatic heterocycles. The van der Waals surface area contributed by atoms with Gasteiger partial charge in [0, 0.05) is 0 Å². The van der Waals surface area contributed by atoms with E-state index in [1.807, 2.05) is 0 Å². The van der Waals surface area contributed by atoms with Crippen LogP contribution >= 0.6 is 0 Å². The summed E-state index contributed by atoms with van der Waals surface area (Å²) in [7, 11) is 0. The second kappa shape index (κ2) is 8.95. The first-order valence-electron chi connectivity index (χ1n) is 9.36. The molecule has 28 heavy (non-hydrogen) atoms. The fraction of sp³-hybridized carbons (Fsp3) is 0.0769. The predicted molar refractivity (Wildman–Crippen MR) is 124 cm³/mol. The molecule has 0 aliphatic heterocycles. The molecule has 0 radical (unpaired) electrons. The molecule has 4 rings (SSSR count). The van der Waals surface area contributed by atoms with Gasteiger partial charge in [-0.15, -0.1) is 0 Å². The third kappa shape index (κ3) is 4.85. The molecule has 0 N–H and O–H groups in total. The van der Waals surface area contributed by atoms with Crippen LogP contribution in [0.3, 0.4) is 0 Å². The Morgan fingerprint density at radius 3 is 0.893 bits per heavy atom. The molecule has 0 heterocycles. The molecule has 0 saturated carbocycles. The molecule has 138 valence electrons. The van der Waals surface area contributed by atoms with Crippen LogP contribution in [0.5, 0.6) is 0 Å². The minimum absolute atomic E-state index is 0.518. The molecule has 0 aliphatic rings. The number of hydrogen-bond donors (Lipinski definition) is 0. The SMILES string of the molecule is Cc1ccc(-c2ccc([Se][Se]c3ccc(-c4ccc(C)cc4)cc3)cc2)cc1. The van der Waals surface area contributed by atoms with Gasteiger partial charge in [0.2, 0.25) is 0 Å². The first-order valence-corrected chi connectivity index (χ1v) is 15.4. The molecule has 4 aromatic carbocycles. The van der Waals surface area contributed by atoms with Crippen molar-refractivity contribution in [1.29, 1.82) is 0 Å². The zero-order chi connectivity index (χ0) is 19.3. The van der Waals surface area contributed by atoms with Crippen molar-refractivity contribution in [2.45, 2.75) is 13.8 Å². The monoisotopic (exact) mass is 494 g/mol. The van der Waals surface area contributed by atoms with E-state index < -0.39 is 0 Å². The summed E-state index contributed by atoms with van der Waals surface area (Å²) in [6, 6.07) is 35.8. The molecular weight excluding hydrogens is 470 g/mol. The summed E-state index contributed by atoms with van der Waals surface area (Å²) >= 11 is 1.04. The number of aryl methyl sites for hydroxylation is 2. The van der Waals surface area contributed by atoms with Crippen LogP contribution in [0.25, 0.3) is 22.3 Å². The molecule has 0 unspecified atom stereocenters. The Morgan fingerprint density at radius 2 is 0.607 bits per heavy atom. The Hall–Kier alpha value is -2.08. The van der Waals surface area contributed by atoms with Gasteiger partial charge in [-0.05, 0) is 0 Å². The molecule has 0 atom stereocenters. The molecule has 0 fully saturated rings. The van der Waals surface area contributed by atoms with Crippen LogP contribution in [0.15, 0.2) is 97.1 Å². The topological polar surface area (TPSA) is 0 Å². The Morgan fingerprint density at radius 1 is 0.357 bits per heavy atom. The zero-order valence-corrected chi connectivity index (χ0v) is 19.5. The molecule has 0 saturated heterocycles. The fourth-order valence-corrected chi connectivity index (χ4v) is 8.96. The van der Waals surface area contributed by atoms with Crippen molar-refractivity contribution in [2.24, 2.45) is 0 Å². The van der Waals surface area contributed by atoms with Crippen molar-refractivity contribution >= 4 is 35.2 Å². The number of rotatable bonds is 5. The molecule has 0 amide bonds. The van der Waals surface area contributed by atoms with Gasteiger partial charge >= 0.3 is 179 Å². The van der Waals surface area contributed by atoms with Crippen LogP contribution in [0.1, 0.15) is 11.1 Å². The van der Waals surface area contributed by atoms with Crippen LogP contribution in [-0.4, -0.2) is 26.3 Å². The van der Waals surface area contributed by atoms with Crippen molar-refractivity contribution in [3.05, 3.63) is 108 Å². The van der Waals surface area contributed by atoms with E-state index in [2.05, 4.69) is 111 Å². The summed E-state index contributed by atoms with van der Waals surface area (Å²) < 4.78 is 2.96. The first kappa shape index (κ1) is 19.2. The van der Waals surface area contributed by atoms with E-state index in [0.29, 0.717) is 26.3 Å². The van der Waals surface area contributed by atoms with Gasteiger partial charge in [0.25, 0.3) is 0 Å². The molecular formula is C26H22Se2. The average molecular weight is 492 g/mol. The van der Waals surface area contributed by atoms with E-state index in [1.54, 1.807) is 0 Å². The van der Waals surface area contributed by atoms with Crippen molar-refractivity contribution in [1.82, 2.24) is 0 Å². The summed E-state index contributed by atoms with van der Waals surface area (Å²) in [6.07, 6.45) is 0. The summed E-state index contributed by atoms with van der Waals surface area (Å²) in [5.74, 6) is 0. The van der Waals surface area contributed by atoms with Crippen molar-refractivity contribution < 1.29 is 0 Å². The van der Waals surface area contributed by atoms with Gasteiger partial charge in [-0.3, -0.25) is 0 Å². The van der Waals surface area contributed by atoms with E-state index in [0.717, 1.165) is 0 Å². The summed E-state index contributed by atoms with van der Waals surface area (Å²) in [6.45, 7) is 4.26. The minimum atomic E-state index is 0.518. The van der Waals surface area contributed by atoms with Crippen molar-refractivity contribution in [3.63, 3.8) is 0 Å². The third-order valence-corrected chi connectivity index (χ3v) is 11.9. The van der Waals surface area contributed by atoms with Gasteiger partial charge in [0.05, 0.1) is 0 Å². The quantitative estimate of drug-likeness (QED) is 0.348. The van der Waals surface area contributed by atoms with E-state index in [4.69, 9.17) is 0 Å². The Balaban J connectivity index is 1.39. The first-order chi connectivity index (χ1) is 13.7. The van der Waals surface area contributed by atoms with E-state index in [-0.39, 0.29) is 0 Å². The van der Waals surface area contributed by atoms with E-state index >= 15 is 0 Å². The zero-order valence-electron chi connectivity index (χ0n) is 16.1. The third-order valence-electron chi connectivity index (χ3n) is 4.71. The Labute approximate surface area is 178 Å². The second-order valence-corrected chi connectivity index (χ2v) is 13.3. The molecule has 0 nitrogen and oxygen atoms in total. The van der Waals surface area contributed by atoms with Crippen LogP contribution < -0.4 is 8.92 Å². The van der Waals surface area contributed by atoms with Gasteiger partial charge in [0.1, 0.15) is 0 Å². The second-order valence-electron chi connectivity index (χ2n) is 6.95. The molecule has 2 heteroatoms. The van der Waals surface area contributed by atoms with Gasteiger partial charge in [0.15, 0.2) is 0 Å². The van der Waals surface area contributed by atoms with E-state index in [1.165, 1.54) is 42.3 Å². The van der Waals surface area contributed by atoms with Gasteiger partial charge in [-0.25, -0.2) is 0 Å². The fourth-order valence-electron chi connectivity index (χ4n) is 2.99. The standard InChI is InChI=1S/C26H22Se2/c1-19-3-7-21(8-4-19)23-11-15-25(16-12-23)27-28-26-17-13-24(14-18-26)22-9-5-20(2)6-10-22/h3-18H,1-2H3. The van der Waals surface area contributed by atoms with Crippen LogP contribution in [0, 0.1) is 13.8 Å². The summed E-state index contributed by atoms with van der Waals surface area (Å²) in [5.41, 5.74) is 7.80. The molecule has 4 aromatic rings. The summed E-state index contributed by atoms with van der Waals surface area (Å²) in [5, 5.41) is 0. The van der Waals surface area contributed by atoms with Gasteiger partial charge < -0.3 is 0 Å². The van der Waals surface area contributed by atoms with Crippen molar-refractivity contribution in [2.75, 3.05) is 0 Å². The van der Waals surface area contributed by atoms with Crippen LogP contribution in [0.4, 0.5) is 0 Å². The summed E-state index contributed by atoms with van der Waals surface area (Å²) in [4.78, 5) is 0. The molecule has 0 aliphatic carbocycles. The molecule has 0 spiro atoms. The van der Waals surface area contributed by atoms with Gasteiger partial charge in [-0.2, -0.15) is 0 Å². The Kier molecular flexibility index (Phi) is 6.15. The maximum absolute atomic E-state index is 2.30. The normalized spacial score (nSPS) is 10.8. The molecule has 0 bridgehead atoms. The average Bonchev–Trinajstić information content (AvgIpc) is 2.74. The Bertz CT molecular complexity index is 941.